The molecule has 3 rings (SSSR count). The Balaban J connectivity index is 1.58. The van der Waals surface area contributed by atoms with Crippen molar-refractivity contribution in [2.75, 3.05) is 17.7 Å². The van der Waals surface area contributed by atoms with Crippen LogP contribution in [0.4, 0.5) is 16.8 Å². The number of thiazole rings is 1. The number of hydrogen-bond donors (Lipinski definition) is 2. The number of ether oxygens (including phenoxy) is 1. The number of benzene rings is 1. The zero-order valence-electron chi connectivity index (χ0n) is 15.6. The normalized spacial score (nSPS) is 10.4. The van der Waals surface area contributed by atoms with Crippen molar-refractivity contribution in [3.05, 3.63) is 58.4 Å². The number of amides is 1. The van der Waals surface area contributed by atoms with Gasteiger partial charge in [-0.1, -0.05) is 0 Å². The zero-order valence-corrected chi connectivity index (χ0v) is 16.5. The van der Waals surface area contributed by atoms with E-state index in [1.165, 1.54) is 18.4 Å². The molecule has 0 aliphatic carbocycles. The van der Waals surface area contributed by atoms with Crippen LogP contribution in [-0.4, -0.2) is 33.9 Å². The van der Waals surface area contributed by atoms with Crippen molar-refractivity contribution in [2.45, 2.75) is 20.3 Å². The number of aromatic nitrogens is 3. The first-order valence-electron chi connectivity index (χ1n) is 8.45. The number of anilines is 3. The van der Waals surface area contributed by atoms with E-state index in [2.05, 4.69) is 30.3 Å². The first-order chi connectivity index (χ1) is 13.4. The Labute approximate surface area is 166 Å². The molecule has 9 heteroatoms. The third-order valence-electron chi connectivity index (χ3n) is 3.68. The first-order valence-corrected chi connectivity index (χ1v) is 9.33. The topological polar surface area (TPSA) is 106 Å². The molecule has 0 fully saturated rings. The van der Waals surface area contributed by atoms with Crippen LogP contribution in [0.25, 0.3) is 0 Å². The molecule has 0 aliphatic heterocycles. The van der Waals surface area contributed by atoms with Crippen molar-refractivity contribution in [3.8, 4) is 0 Å². The van der Waals surface area contributed by atoms with Gasteiger partial charge < -0.3 is 15.4 Å². The number of carbonyl (C=O) groups is 2. The summed E-state index contributed by atoms with van der Waals surface area (Å²) in [6, 6.07) is 8.37. The minimum Gasteiger partial charge on any atom is -0.465 e. The quantitative estimate of drug-likeness (QED) is 0.615. The van der Waals surface area contributed by atoms with Crippen LogP contribution in [0.15, 0.2) is 35.7 Å². The van der Waals surface area contributed by atoms with E-state index in [0.717, 1.165) is 11.4 Å². The number of aryl methyl sites for hydroxylation is 2. The number of methoxy groups -OCH3 is 1. The molecule has 0 atom stereocenters. The summed E-state index contributed by atoms with van der Waals surface area (Å²) in [5, 5.41) is 8.27. The van der Waals surface area contributed by atoms with Gasteiger partial charge in [0.1, 0.15) is 0 Å². The fraction of sp³-hybridized carbons (Fsp3) is 0.211. The van der Waals surface area contributed by atoms with Gasteiger partial charge in [0.2, 0.25) is 11.9 Å². The second kappa shape index (κ2) is 8.57. The molecule has 0 radical (unpaired) electrons. The molecule has 2 N–H and O–H groups in total. The largest absolute Gasteiger partial charge is 0.465 e. The molecule has 0 spiro atoms. The Morgan fingerprint density at radius 1 is 1.07 bits per heavy atom. The number of esters is 1. The van der Waals surface area contributed by atoms with Gasteiger partial charge in [-0.3, -0.25) is 4.79 Å². The van der Waals surface area contributed by atoms with Gasteiger partial charge in [-0.05, 0) is 44.2 Å². The second-order valence-corrected chi connectivity index (χ2v) is 6.90. The van der Waals surface area contributed by atoms with Crippen molar-refractivity contribution in [3.63, 3.8) is 0 Å². The molecule has 28 heavy (non-hydrogen) atoms. The molecule has 3 aromatic rings. The third-order valence-corrected chi connectivity index (χ3v) is 4.49. The van der Waals surface area contributed by atoms with Gasteiger partial charge in [0.05, 0.1) is 24.8 Å². The van der Waals surface area contributed by atoms with Gasteiger partial charge in [-0.15, -0.1) is 11.3 Å². The zero-order chi connectivity index (χ0) is 20.1. The van der Waals surface area contributed by atoms with Crippen LogP contribution in [0.5, 0.6) is 0 Å². The summed E-state index contributed by atoms with van der Waals surface area (Å²) in [5.41, 5.74) is 3.38. The number of carbonyl (C=O) groups excluding carboxylic acids is 2. The Hall–Kier alpha value is -3.33. The monoisotopic (exact) mass is 397 g/mol. The minimum absolute atomic E-state index is 0.130. The molecule has 0 saturated carbocycles. The number of nitrogens with one attached hydrogen (secondary N) is 2. The molecule has 8 nitrogen and oxygen atoms in total. The molecule has 0 saturated heterocycles. The summed E-state index contributed by atoms with van der Waals surface area (Å²) in [7, 11) is 1.32. The number of hydrogen-bond acceptors (Lipinski definition) is 8. The van der Waals surface area contributed by atoms with Gasteiger partial charge in [0.25, 0.3) is 0 Å². The van der Waals surface area contributed by atoms with Crippen LogP contribution in [0, 0.1) is 13.8 Å². The fourth-order valence-electron chi connectivity index (χ4n) is 2.50. The van der Waals surface area contributed by atoms with Crippen molar-refractivity contribution >= 4 is 40.0 Å². The van der Waals surface area contributed by atoms with Gasteiger partial charge >= 0.3 is 5.97 Å². The van der Waals surface area contributed by atoms with Crippen LogP contribution >= 0.6 is 11.3 Å². The van der Waals surface area contributed by atoms with Crippen LogP contribution in [0.2, 0.25) is 0 Å². The number of rotatable bonds is 6. The summed E-state index contributed by atoms with van der Waals surface area (Å²) in [4.78, 5) is 36.7. The van der Waals surface area contributed by atoms with Crippen LogP contribution in [0.3, 0.4) is 0 Å². The van der Waals surface area contributed by atoms with E-state index in [0.29, 0.717) is 28.0 Å². The van der Waals surface area contributed by atoms with Crippen molar-refractivity contribution in [2.24, 2.45) is 0 Å². The van der Waals surface area contributed by atoms with Crippen LogP contribution < -0.4 is 10.6 Å². The minimum atomic E-state index is -0.423. The lowest BCUT2D eigenvalue weighted by molar-refractivity contribution is -0.115. The van der Waals surface area contributed by atoms with Crippen molar-refractivity contribution < 1.29 is 14.3 Å². The molecule has 2 aromatic heterocycles. The molecular weight excluding hydrogens is 378 g/mol. The summed E-state index contributed by atoms with van der Waals surface area (Å²) in [6.07, 6.45) is 0.130. The molecule has 1 aromatic carbocycles. The summed E-state index contributed by atoms with van der Waals surface area (Å²) in [5.74, 6) is -0.146. The highest BCUT2D eigenvalue weighted by molar-refractivity contribution is 7.13. The Kier molecular flexibility index (Phi) is 5.95. The lowest BCUT2D eigenvalue weighted by Gasteiger charge is -2.05. The van der Waals surface area contributed by atoms with E-state index in [1.807, 2.05) is 25.3 Å². The number of nitrogens with zero attached hydrogens (tertiary/aromatic N) is 3. The average Bonchev–Trinajstić information content (AvgIpc) is 3.07. The van der Waals surface area contributed by atoms with Gasteiger partial charge in [-0.25, -0.2) is 19.7 Å². The van der Waals surface area contributed by atoms with Crippen LogP contribution in [-0.2, 0) is 16.0 Å². The average molecular weight is 397 g/mol. The Morgan fingerprint density at radius 3 is 2.39 bits per heavy atom. The third kappa shape index (κ3) is 5.10. The molecule has 2 heterocycles. The highest BCUT2D eigenvalue weighted by atomic mass is 32.1. The molecule has 0 bridgehead atoms. The van der Waals surface area contributed by atoms with E-state index in [9.17, 15) is 9.59 Å². The summed E-state index contributed by atoms with van der Waals surface area (Å²) in [6.45, 7) is 3.80. The lowest BCUT2D eigenvalue weighted by Crippen LogP contribution is -2.14. The van der Waals surface area contributed by atoms with E-state index in [-0.39, 0.29) is 12.3 Å². The maximum atomic E-state index is 12.2. The SMILES string of the molecule is COC(=O)c1ccc(NC(=O)Cc2csc(Nc3nc(C)cc(C)n3)n2)cc1. The molecule has 1 amide bonds. The van der Waals surface area contributed by atoms with Gasteiger partial charge in [0.15, 0.2) is 5.13 Å². The molecular formula is C19H19N5O3S. The standard InChI is InChI=1S/C19H19N5O3S/c1-11-8-12(2)21-18(20-11)24-19-23-15(10-28-19)9-16(25)22-14-6-4-13(5-7-14)17(26)27-3/h4-8,10H,9H2,1-3H3,(H,22,25)(H,20,21,23,24). The Bertz CT molecular complexity index is 981. The summed E-state index contributed by atoms with van der Waals surface area (Å²) >= 11 is 1.38. The molecule has 144 valence electrons. The fourth-order valence-corrected chi connectivity index (χ4v) is 3.20. The lowest BCUT2D eigenvalue weighted by atomic mass is 10.2. The second-order valence-electron chi connectivity index (χ2n) is 6.04. The van der Waals surface area contributed by atoms with Gasteiger partial charge in [0, 0.05) is 22.5 Å². The first kappa shape index (κ1) is 19.4. The highest BCUT2D eigenvalue weighted by Crippen LogP contribution is 2.20. The molecule has 0 aliphatic rings. The highest BCUT2D eigenvalue weighted by Gasteiger charge is 2.10. The van der Waals surface area contributed by atoms with Crippen molar-refractivity contribution in [1.82, 2.24) is 15.0 Å². The van der Waals surface area contributed by atoms with Crippen LogP contribution in [0.1, 0.15) is 27.4 Å². The van der Waals surface area contributed by atoms with E-state index < -0.39 is 5.97 Å². The van der Waals surface area contributed by atoms with E-state index >= 15 is 0 Å². The summed E-state index contributed by atoms with van der Waals surface area (Å²) < 4.78 is 4.65. The van der Waals surface area contributed by atoms with E-state index in [4.69, 9.17) is 0 Å². The van der Waals surface area contributed by atoms with Crippen molar-refractivity contribution in [1.29, 1.82) is 0 Å². The van der Waals surface area contributed by atoms with Gasteiger partial charge in [-0.2, -0.15) is 0 Å². The van der Waals surface area contributed by atoms with E-state index in [1.54, 1.807) is 24.3 Å². The molecule has 0 unspecified atom stereocenters. The Morgan fingerprint density at radius 2 is 1.75 bits per heavy atom. The maximum absolute atomic E-state index is 12.2. The smallest absolute Gasteiger partial charge is 0.337 e. The predicted molar refractivity (Wildman–Crippen MR) is 107 cm³/mol. The maximum Gasteiger partial charge on any atom is 0.337 e. The predicted octanol–water partition coefficient (Wildman–Crippen LogP) is 3.26.